The lowest BCUT2D eigenvalue weighted by atomic mass is 9.98. The molecule has 5 nitrogen and oxygen atoms in total. The van der Waals surface area contributed by atoms with Crippen LogP contribution in [0.1, 0.15) is 17.2 Å². The number of nitrogens with zero attached hydrogens (tertiary/aromatic N) is 3. The Balaban J connectivity index is 1.91. The van der Waals surface area contributed by atoms with E-state index < -0.39 is 0 Å². The molecule has 0 amide bonds. The largest absolute Gasteiger partial charge is 0.419 e. The van der Waals surface area contributed by atoms with E-state index in [1.807, 2.05) is 47.2 Å². The standard InChI is InChI=1S/C18H15N3O2/c1-20-15-8-7-14(11-16(15)23-18(20)22)17(21-10-9-19-12-21)13-5-3-2-4-6-13/h2-12,17H,1H3. The van der Waals surface area contributed by atoms with Crippen molar-refractivity contribution in [1.29, 1.82) is 0 Å². The maximum Gasteiger partial charge on any atom is 0.419 e. The normalized spacial score (nSPS) is 12.6. The summed E-state index contributed by atoms with van der Waals surface area (Å²) in [4.78, 5) is 15.9. The molecule has 2 aromatic carbocycles. The molecule has 0 spiro atoms. The van der Waals surface area contributed by atoms with Crippen LogP contribution in [0.15, 0.2) is 76.5 Å². The molecule has 2 aromatic heterocycles. The van der Waals surface area contributed by atoms with Crippen LogP contribution in [0, 0.1) is 0 Å². The zero-order valence-electron chi connectivity index (χ0n) is 12.6. The highest BCUT2D eigenvalue weighted by molar-refractivity contribution is 5.74. The summed E-state index contributed by atoms with van der Waals surface area (Å²) in [6, 6.07) is 16.0. The molecule has 5 heteroatoms. The van der Waals surface area contributed by atoms with E-state index in [4.69, 9.17) is 4.42 Å². The summed E-state index contributed by atoms with van der Waals surface area (Å²) in [5, 5.41) is 0. The van der Waals surface area contributed by atoms with E-state index >= 15 is 0 Å². The molecule has 0 saturated heterocycles. The molecule has 2 heterocycles. The van der Waals surface area contributed by atoms with Gasteiger partial charge in [0.15, 0.2) is 5.58 Å². The average Bonchev–Trinajstić information content (AvgIpc) is 3.18. The maximum atomic E-state index is 11.7. The van der Waals surface area contributed by atoms with Crippen LogP contribution in [-0.2, 0) is 7.05 Å². The van der Waals surface area contributed by atoms with Gasteiger partial charge in [-0.3, -0.25) is 4.57 Å². The first-order valence-electron chi connectivity index (χ1n) is 7.36. The Morgan fingerprint density at radius 2 is 1.91 bits per heavy atom. The summed E-state index contributed by atoms with van der Waals surface area (Å²) < 4.78 is 8.87. The molecular weight excluding hydrogens is 290 g/mol. The second kappa shape index (κ2) is 5.28. The van der Waals surface area contributed by atoms with Crippen molar-refractivity contribution < 1.29 is 4.42 Å². The molecule has 1 unspecified atom stereocenters. The first-order chi connectivity index (χ1) is 11.2. The van der Waals surface area contributed by atoms with Crippen molar-refractivity contribution in [2.45, 2.75) is 6.04 Å². The minimum Gasteiger partial charge on any atom is -0.408 e. The molecule has 0 aliphatic carbocycles. The van der Waals surface area contributed by atoms with Crippen LogP contribution < -0.4 is 5.76 Å². The van der Waals surface area contributed by atoms with Gasteiger partial charge in [-0.15, -0.1) is 0 Å². The van der Waals surface area contributed by atoms with Crippen molar-refractivity contribution in [2.24, 2.45) is 7.05 Å². The number of hydrogen-bond acceptors (Lipinski definition) is 3. The van der Waals surface area contributed by atoms with Crippen LogP contribution >= 0.6 is 0 Å². The third-order valence-electron chi connectivity index (χ3n) is 4.07. The molecule has 0 radical (unpaired) electrons. The predicted octanol–water partition coefficient (Wildman–Crippen LogP) is 2.97. The fourth-order valence-electron chi connectivity index (χ4n) is 2.91. The van der Waals surface area contributed by atoms with Crippen molar-refractivity contribution in [3.05, 3.63) is 88.9 Å². The summed E-state index contributed by atoms with van der Waals surface area (Å²) >= 11 is 0. The van der Waals surface area contributed by atoms with Gasteiger partial charge in [-0.05, 0) is 23.3 Å². The van der Waals surface area contributed by atoms with Gasteiger partial charge >= 0.3 is 5.76 Å². The highest BCUT2D eigenvalue weighted by atomic mass is 16.4. The second-order valence-corrected chi connectivity index (χ2v) is 5.48. The Morgan fingerprint density at radius 3 is 2.65 bits per heavy atom. The van der Waals surface area contributed by atoms with E-state index in [-0.39, 0.29) is 11.8 Å². The predicted molar refractivity (Wildman–Crippen MR) is 87.4 cm³/mol. The zero-order chi connectivity index (χ0) is 15.8. The van der Waals surface area contributed by atoms with Crippen LogP contribution in [0.25, 0.3) is 11.1 Å². The van der Waals surface area contributed by atoms with E-state index in [0.29, 0.717) is 5.58 Å². The van der Waals surface area contributed by atoms with Crippen LogP contribution in [-0.4, -0.2) is 14.1 Å². The third-order valence-corrected chi connectivity index (χ3v) is 4.07. The quantitative estimate of drug-likeness (QED) is 0.585. The van der Waals surface area contributed by atoms with Gasteiger partial charge in [-0.1, -0.05) is 36.4 Å². The lowest BCUT2D eigenvalue weighted by Gasteiger charge is -2.19. The number of oxazole rings is 1. The lowest BCUT2D eigenvalue weighted by Crippen LogP contribution is -2.10. The molecule has 1 atom stereocenters. The highest BCUT2D eigenvalue weighted by Crippen LogP contribution is 2.28. The molecular formula is C18H15N3O2. The fraction of sp³-hybridized carbons (Fsp3) is 0.111. The Hall–Kier alpha value is -3.08. The number of imidazole rings is 1. The molecule has 0 fully saturated rings. The summed E-state index contributed by atoms with van der Waals surface area (Å²) in [6.45, 7) is 0. The van der Waals surface area contributed by atoms with E-state index in [1.54, 1.807) is 19.6 Å². The van der Waals surface area contributed by atoms with Crippen molar-refractivity contribution in [3.8, 4) is 0 Å². The Bertz CT molecular complexity index is 998. The van der Waals surface area contributed by atoms with Gasteiger partial charge in [0.25, 0.3) is 0 Å². The number of fused-ring (bicyclic) bond motifs is 1. The van der Waals surface area contributed by atoms with Crippen LogP contribution in [0.4, 0.5) is 0 Å². The minimum absolute atomic E-state index is 0.0198. The van der Waals surface area contributed by atoms with Crippen molar-refractivity contribution >= 4 is 11.1 Å². The van der Waals surface area contributed by atoms with Gasteiger partial charge in [0.05, 0.1) is 17.9 Å². The first kappa shape index (κ1) is 13.6. The molecule has 0 saturated carbocycles. The number of benzene rings is 2. The van der Waals surface area contributed by atoms with Gasteiger partial charge in [-0.25, -0.2) is 9.78 Å². The number of rotatable bonds is 3. The van der Waals surface area contributed by atoms with E-state index in [1.165, 1.54) is 4.57 Å². The van der Waals surface area contributed by atoms with E-state index in [2.05, 4.69) is 17.1 Å². The average molecular weight is 305 g/mol. The first-order valence-corrected chi connectivity index (χ1v) is 7.36. The van der Waals surface area contributed by atoms with Gasteiger partial charge in [0, 0.05) is 19.4 Å². The van der Waals surface area contributed by atoms with Crippen molar-refractivity contribution in [2.75, 3.05) is 0 Å². The monoisotopic (exact) mass is 305 g/mol. The number of hydrogen-bond donors (Lipinski definition) is 0. The highest BCUT2D eigenvalue weighted by Gasteiger charge is 2.17. The van der Waals surface area contributed by atoms with Crippen LogP contribution in [0.3, 0.4) is 0 Å². The molecule has 4 aromatic rings. The minimum atomic E-state index is -0.351. The van der Waals surface area contributed by atoms with Crippen LogP contribution in [0.5, 0.6) is 0 Å². The molecule has 0 N–H and O–H groups in total. The molecule has 0 bridgehead atoms. The molecule has 0 aliphatic heterocycles. The third kappa shape index (κ3) is 2.26. The summed E-state index contributed by atoms with van der Waals surface area (Å²) in [5.74, 6) is -0.351. The fourth-order valence-corrected chi connectivity index (χ4v) is 2.91. The Morgan fingerprint density at radius 1 is 1.09 bits per heavy atom. The van der Waals surface area contributed by atoms with Crippen LogP contribution in [0.2, 0.25) is 0 Å². The topological polar surface area (TPSA) is 53.0 Å². The summed E-state index contributed by atoms with van der Waals surface area (Å²) in [7, 11) is 1.71. The molecule has 23 heavy (non-hydrogen) atoms. The lowest BCUT2D eigenvalue weighted by molar-refractivity contribution is 0.527. The van der Waals surface area contributed by atoms with E-state index in [9.17, 15) is 4.79 Å². The zero-order valence-corrected chi connectivity index (χ0v) is 12.6. The van der Waals surface area contributed by atoms with Crippen molar-refractivity contribution in [1.82, 2.24) is 14.1 Å². The van der Waals surface area contributed by atoms with Gasteiger partial charge in [0.2, 0.25) is 0 Å². The Kier molecular flexibility index (Phi) is 3.12. The summed E-state index contributed by atoms with van der Waals surface area (Å²) in [5.41, 5.74) is 3.56. The Labute approximate surface area is 132 Å². The summed E-state index contributed by atoms with van der Waals surface area (Å²) in [6.07, 6.45) is 5.49. The van der Waals surface area contributed by atoms with Gasteiger partial charge in [0.1, 0.15) is 0 Å². The molecule has 4 rings (SSSR count). The van der Waals surface area contributed by atoms with E-state index in [0.717, 1.165) is 16.6 Å². The maximum absolute atomic E-state index is 11.7. The van der Waals surface area contributed by atoms with Gasteiger partial charge in [-0.2, -0.15) is 0 Å². The smallest absolute Gasteiger partial charge is 0.408 e. The second-order valence-electron chi connectivity index (χ2n) is 5.48. The molecule has 0 aliphatic rings. The number of aromatic nitrogens is 3. The van der Waals surface area contributed by atoms with Gasteiger partial charge < -0.3 is 8.98 Å². The van der Waals surface area contributed by atoms with Crippen molar-refractivity contribution in [3.63, 3.8) is 0 Å². The SMILES string of the molecule is Cn1c(=O)oc2cc(C(c3ccccc3)n3ccnc3)ccc21. The number of aryl methyl sites for hydroxylation is 1. The molecule has 114 valence electrons.